The number of carbonyl (C=O) groups excluding carboxylic acids is 2. The average molecular weight is 280 g/mol. The number of carbonyl (C=O) groups is 2. The third-order valence-corrected chi connectivity index (χ3v) is 3.76. The Morgan fingerprint density at radius 1 is 1.00 bits per heavy atom. The van der Waals surface area contributed by atoms with Gasteiger partial charge in [-0.1, -0.05) is 35.9 Å². The average Bonchev–Trinajstić information content (AvgIpc) is 2.60. The third kappa shape index (κ3) is 2.40. The van der Waals surface area contributed by atoms with Crippen molar-refractivity contribution in [2.45, 2.75) is 6.92 Å². The molecule has 4 heteroatoms. The Hall–Kier alpha value is -2.62. The van der Waals surface area contributed by atoms with Crippen molar-refractivity contribution in [1.82, 2.24) is 5.32 Å². The van der Waals surface area contributed by atoms with Crippen molar-refractivity contribution < 1.29 is 9.59 Å². The number of hydrogen-bond acceptors (Lipinski definition) is 2. The number of nitrogens with one attached hydrogen (secondary N) is 1. The number of likely N-dealkylation sites (N-methyl/N-ethyl adjacent to an activating group) is 1. The fraction of sp³-hybridized carbons (Fsp3) is 0.176. The molecule has 0 fully saturated rings. The van der Waals surface area contributed by atoms with Gasteiger partial charge < -0.3 is 10.2 Å². The molecule has 1 aliphatic rings. The van der Waals surface area contributed by atoms with Crippen LogP contribution in [-0.2, 0) is 4.79 Å². The summed E-state index contributed by atoms with van der Waals surface area (Å²) < 4.78 is 0. The van der Waals surface area contributed by atoms with Crippen LogP contribution in [-0.4, -0.2) is 25.4 Å². The monoisotopic (exact) mass is 280 g/mol. The van der Waals surface area contributed by atoms with Gasteiger partial charge in [-0.3, -0.25) is 9.59 Å². The molecule has 21 heavy (non-hydrogen) atoms. The Balaban J connectivity index is 2.10. The standard InChI is InChI=1S/C17H16N2O2/c1-11-3-5-12(6-4-11)13-7-8-15-14(9-13)17(21)18-10-16(20)19(15)2/h3-9H,10H2,1-2H3,(H,18,21). The number of benzene rings is 2. The molecule has 0 aromatic heterocycles. The van der Waals surface area contributed by atoms with Gasteiger partial charge in [0.25, 0.3) is 5.91 Å². The molecule has 3 rings (SSSR count). The fourth-order valence-corrected chi connectivity index (χ4v) is 2.44. The van der Waals surface area contributed by atoms with E-state index in [0.717, 1.165) is 11.1 Å². The first-order valence-corrected chi connectivity index (χ1v) is 6.82. The summed E-state index contributed by atoms with van der Waals surface area (Å²) >= 11 is 0. The molecule has 0 spiro atoms. The Labute approximate surface area is 123 Å². The van der Waals surface area contributed by atoms with Gasteiger partial charge in [0.05, 0.1) is 17.8 Å². The van der Waals surface area contributed by atoms with Crippen LogP contribution < -0.4 is 10.2 Å². The van der Waals surface area contributed by atoms with Gasteiger partial charge in [-0.15, -0.1) is 0 Å². The predicted molar refractivity (Wildman–Crippen MR) is 82.4 cm³/mol. The van der Waals surface area contributed by atoms with Crippen molar-refractivity contribution in [2.24, 2.45) is 0 Å². The third-order valence-electron chi connectivity index (χ3n) is 3.76. The summed E-state index contributed by atoms with van der Waals surface area (Å²) in [6, 6.07) is 13.7. The second-order valence-corrected chi connectivity index (χ2v) is 5.23. The molecule has 0 atom stereocenters. The van der Waals surface area contributed by atoms with Crippen molar-refractivity contribution in [3.63, 3.8) is 0 Å². The lowest BCUT2D eigenvalue weighted by molar-refractivity contribution is -0.117. The summed E-state index contributed by atoms with van der Waals surface area (Å²) in [6.07, 6.45) is 0. The van der Waals surface area contributed by atoms with Crippen LogP contribution in [0.15, 0.2) is 42.5 Å². The molecule has 0 radical (unpaired) electrons. The highest BCUT2D eigenvalue weighted by Gasteiger charge is 2.23. The summed E-state index contributed by atoms with van der Waals surface area (Å²) in [6.45, 7) is 2.07. The number of hydrogen-bond donors (Lipinski definition) is 1. The van der Waals surface area contributed by atoms with Gasteiger partial charge in [-0.05, 0) is 30.2 Å². The lowest BCUT2D eigenvalue weighted by Crippen LogP contribution is -2.33. The first-order chi connectivity index (χ1) is 10.1. The van der Waals surface area contributed by atoms with Gasteiger partial charge >= 0.3 is 0 Å². The van der Waals surface area contributed by atoms with Gasteiger partial charge in [0.1, 0.15) is 0 Å². The van der Waals surface area contributed by atoms with Crippen molar-refractivity contribution >= 4 is 17.5 Å². The Kier molecular flexibility index (Phi) is 3.22. The summed E-state index contributed by atoms with van der Waals surface area (Å²) in [5.74, 6) is -0.332. The van der Waals surface area contributed by atoms with Gasteiger partial charge in [-0.25, -0.2) is 0 Å². The predicted octanol–water partition coefficient (Wildman–Crippen LogP) is 2.37. The van der Waals surface area contributed by atoms with Crippen LogP contribution in [0.4, 0.5) is 5.69 Å². The molecule has 0 bridgehead atoms. The summed E-state index contributed by atoms with van der Waals surface area (Å²) in [5, 5.41) is 2.64. The zero-order valence-electron chi connectivity index (χ0n) is 12.0. The number of fused-ring (bicyclic) bond motifs is 1. The maximum Gasteiger partial charge on any atom is 0.253 e. The minimum Gasteiger partial charge on any atom is -0.343 e. The molecule has 0 saturated carbocycles. The number of nitrogens with zero attached hydrogens (tertiary/aromatic N) is 1. The minimum absolute atomic E-state index is 0.0316. The van der Waals surface area contributed by atoms with E-state index in [1.807, 2.05) is 49.4 Å². The van der Waals surface area contributed by atoms with Crippen LogP contribution in [0.2, 0.25) is 0 Å². The first kappa shape index (κ1) is 13.4. The maximum atomic E-state index is 12.1. The number of aryl methyl sites for hydroxylation is 1. The van der Waals surface area contributed by atoms with Crippen LogP contribution in [0, 0.1) is 6.92 Å². The van der Waals surface area contributed by atoms with E-state index in [9.17, 15) is 9.59 Å². The van der Waals surface area contributed by atoms with E-state index in [4.69, 9.17) is 0 Å². The van der Waals surface area contributed by atoms with Crippen LogP contribution in [0.1, 0.15) is 15.9 Å². The van der Waals surface area contributed by atoms with E-state index >= 15 is 0 Å². The van der Waals surface area contributed by atoms with Gasteiger partial charge in [0, 0.05) is 7.05 Å². The van der Waals surface area contributed by atoms with Crippen LogP contribution in [0.3, 0.4) is 0 Å². The highest BCUT2D eigenvalue weighted by Crippen LogP contribution is 2.28. The normalized spacial score (nSPS) is 14.5. The second-order valence-electron chi connectivity index (χ2n) is 5.23. The molecule has 106 valence electrons. The van der Waals surface area contributed by atoms with E-state index < -0.39 is 0 Å². The maximum absolute atomic E-state index is 12.1. The van der Waals surface area contributed by atoms with E-state index in [2.05, 4.69) is 5.32 Å². The molecule has 0 saturated heterocycles. The van der Waals surface area contributed by atoms with Gasteiger partial charge in [0.2, 0.25) is 5.91 Å². The molecule has 2 amide bonds. The van der Waals surface area contributed by atoms with Crippen molar-refractivity contribution in [1.29, 1.82) is 0 Å². The minimum atomic E-state index is -0.211. The Bertz CT molecular complexity index is 720. The summed E-state index contributed by atoms with van der Waals surface area (Å²) in [5.41, 5.74) is 4.38. The summed E-state index contributed by atoms with van der Waals surface area (Å²) in [4.78, 5) is 25.5. The smallest absolute Gasteiger partial charge is 0.253 e. The molecule has 0 aliphatic carbocycles. The zero-order chi connectivity index (χ0) is 15.0. The molecule has 2 aromatic rings. The molecule has 1 aliphatic heterocycles. The van der Waals surface area contributed by atoms with Crippen molar-refractivity contribution in [3.05, 3.63) is 53.6 Å². The zero-order valence-corrected chi connectivity index (χ0v) is 12.0. The Morgan fingerprint density at radius 3 is 2.38 bits per heavy atom. The molecule has 0 unspecified atom stereocenters. The SMILES string of the molecule is Cc1ccc(-c2ccc3c(c2)C(=O)NCC(=O)N3C)cc1. The fourth-order valence-electron chi connectivity index (χ4n) is 2.44. The molecule has 4 nitrogen and oxygen atoms in total. The number of anilines is 1. The summed E-state index contributed by atoms with van der Waals surface area (Å²) in [7, 11) is 1.69. The van der Waals surface area contributed by atoms with Gasteiger partial charge in [0.15, 0.2) is 0 Å². The van der Waals surface area contributed by atoms with Crippen molar-refractivity contribution in [3.8, 4) is 11.1 Å². The van der Waals surface area contributed by atoms with Crippen molar-refractivity contribution in [2.75, 3.05) is 18.5 Å². The molecule has 2 aromatic carbocycles. The lowest BCUT2D eigenvalue weighted by atomic mass is 10.0. The quantitative estimate of drug-likeness (QED) is 0.872. The number of amides is 2. The van der Waals surface area contributed by atoms with Gasteiger partial charge in [-0.2, -0.15) is 0 Å². The topological polar surface area (TPSA) is 49.4 Å². The highest BCUT2D eigenvalue weighted by molar-refractivity contribution is 6.10. The molecule has 1 heterocycles. The van der Waals surface area contributed by atoms with Crippen LogP contribution in [0.25, 0.3) is 11.1 Å². The van der Waals surface area contributed by atoms with Crippen LogP contribution >= 0.6 is 0 Å². The largest absolute Gasteiger partial charge is 0.343 e. The highest BCUT2D eigenvalue weighted by atomic mass is 16.2. The first-order valence-electron chi connectivity index (χ1n) is 6.82. The lowest BCUT2D eigenvalue weighted by Gasteiger charge is -2.16. The number of rotatable bonds is 1. The van der Waals surface area contributed by atoms with E-state index in [-0.39, 0.29) is 18.4 Å². The molecular weight excluding hydrogens is 264 g/mol. The molecule has 1 N–H and O–H groups in total. The van der Waals surface area contributed by atoms with E-state index in [1.165, 1.54) is 10.5 Å². The van der Waals surface area contributed by atoms with Crippen LogP contribution in [0.5, 0.6) is 0 Å². The Morgan fingerprint density at radius 2 is 1.67 bits per heavy atom. The molecular formula is C17H16N2O2. The second kappa shape index (κ2) is 5.05. The van der Waals surface area contributed by atoms with E-state index in [0.29, 0.717) is 11.3 Å². The van der Waals surface area contributed by atoms with E-state index in [1.54, 1.807) is 7.05 Å².